The maximum Gasteiger partial charge on any atom is 0.573 e. The van der Waals surface area contributed by atoms with Crippen molar-refractivity contribution in [3.05, 3.63) is 64.8 Å². The molecule has 2 aromatic rings. The number of nitrogens with zero attached hydrogens (tertiary/aromatic N) is 1. The van der Waals surface area contributed by atoms with Gasteiger partial charge in [-0.15, -0.1) is 13.2 Å². The van der Waals surface area contributed by atoms with E-state index < -0.39 is 23.9 Å². The lowest BCUT2D eigenvalue weighted by Crippen LogP contribution is -2.35. The first-order chi connectivity index (χ1) is 14.2. The summed E-state index contributed by atoms with van der Waals surface area (Å²) in [5.74, 6) is -1.64. The Morgan fingerprint density at radius 1 is 1.07 bits per heavy atom. The van der Waals surface area contributed by atoms with Crippen LogP contribution < -0.4 is 10.1 Å². The number of imide groups is 1. The Hall–Kier alpha value is -3.04. The van der Waals surface area contributed by atoms with E-state index in [0.717, 1.165) is 17.0 Å². The minimum Gasteiger partial charge on any atom is -0.406 e. The van der Waals surface area contributed by atoms with Crippen molar-refractivity contribution in [1.82, 2.24) is 4.90 Å². The van der Waals surface area contributed by atoms with Gasteiger partial charge < -0.3 is 14.8 Å². The number of anilines is 1. The van der Waals surface area contributed by atoms with Gasteiger partial charge in [-0.1, -0.05) is 29.8 Å². The number of ether oxygens (including phenoxy) is 2. The number of alkyl halides is 3. The van der Waals surface area contributed by atoms with E-state index in [0.29, 0.717) is 10.6 Å². The number of hydrogen-bond acceptors (Lipinski definition) is 5. The fourth-order valence-corrected chi connectivity index (χ4v) is 3.00. The number of carbonyl (C=O) groups excluding carboxylic acids is 2. The van der Waals surface area contributed by atoms with Gasteiger partial charge in [0.2, 0.25) is 0 Å². The van der Waals surface area contributed by atoms with Gasteiger partial charge in [0, 0.05) is 23.9 Å². The smallest absolute Gasteiger partial charge is 0.406 e. The number of nitrogens with one attached hydrogen (secondary N) is 1. The molecule has 0 saturated carbocycles. The van der Waals surface area contributed by atoms with Crippen molar-refractivity contribution < 1.29 is 32.2 Å². The highest BCUT2D eigenvalue weighted by Gasteiger charge is 2.39. The summed E-state index contributed by atoms with van der Waals surface area (Å²) >= 11 is 5.90. The summed E-state index contributed by atoms with van der Waals surface area (Å²) < 4.78 is 46.3. The molecule has 0 aliphatic carbocycles. The molecular weight excluding hydrogens is 425 g/mol. The van der Waals surface area contributed by atoms with E-state index >= 15 is 0 Å². The molecule has 3 rings (SSSR count). The van der Waals surface area contributed by atoms with Crippen LogP contribution in [-0.4, -0.2) is 43.3 Å². The molecule has 1 heterocycles. The molecule has 0 bridgehead atoms. The maximum atomic E-state index is 12.9. The lowest BCUT2D eigenvalue weighted by atomic mass is 10.0. The van der Waals surface area contributed by atoms with Crippen molar-refractivity contribution in [3.8, 4) is 5.75 Å². The monoisotopic (exact) mass is 440 g/mol. The third-order valence-electron chi connectivity index (χ3n) is 4.16. The summed E-state index contributed by atoms with van der Waals surface area (Å²) in [6.45, 7) is 0.154. The van der Waals surface area contributed by atoms with E-state index in [1.807, 2.05) is 0 Å². The molecule has 0 spiro atoms. The molecule has 2 amide bonds. The number of halogens is 4. The van der Waals surface area contributed by atoms with Gasteiger partial charge in [0.05, 0.1) is 18.7 Å². The molecule has 6 nitrogen and oxygen atoms in total. The van der Waals surface area contributed by atoms with Crippen molar-refractivity contribution >= 4 is 34.7 Å². The molecule has 0 atom stereocenters. The Kier molecular flexibility index (Phi) is 6.33. The predicted molar refractivity (Wildman–Crippen MR) is 104 cm³/mol. The molecule has 1 aliphatic heterocycles. The van der Waals surface area contributed by atoms with E-state index in [4.69, 9.17) is 16.3 Å². The Labute approximate surface area is 174 Å². The zero-order valence-corrected chi connectivity index (χ0v) is 16.4. The first-order valence-electron chi connectivity index (χ1n) is 8.68. The fourth-order valence-electron chi connectivity index (χ4n) is 2.88. The van der Waals surface area contributed by atoms with Gasteiger partial charge in [-0.05, 0) is 29.8 Å². The molecule has 0 aromatic heterocycles. The Morgan fingerprint density at radius 3 is 2.40 bits per heavy atom. The standard InChI is InChI=1S/C20H16ClF3N2O4/c1-29-10-9-26-18(27)16(12-5-7-13(21)8-6-12)17(19(26)28)25-14-3-2-4-15(11-14)30-20(22,23)24/h2-8,11,25H,9-10H2,1H3. The minimum atomic E-state index is -4.86. The van der Waals surface area contributed by atoms with E-state index in [2.05, 4.69) is 10.1 Å². The van der Waals surface area contributed by atoms with E-state index in [1.165, 1.54) is 19.2 Å². The molecule has 30 heavy (non-hydrogen) atoms. The first-order valence-corrected chi connectivity index (χ1v) is 9.05. The van der Waals surface area contributed by atoms with Gasteiger partial charge in [-0.2, -0.15) is 0 Å². The van der Waals surface area contributed by atoms with Crippen LogP contribution in [0.25, 0.3) is 5.57 Å². The highest BCUT2D eigenvalue weighted by Crippen LogP contribution is 2.32. The number of benzene rings is 2. The number of methoxy groups -OCH3 is 1. The van der Waals surface area contributed by atoms with Crippen LogP contribution in [0.1, 0.15) is 5.56 Å². The highest BCUT2D eigenvalue weighted by atomic mass is 35.5. The second kappa shape index (κ2) is 8.76. The summed E-state index contributed by atoms with van der Waals surface area (Å²) in [5, 5.41) is 3.21. The summed E-state index contributed by atoms with van der Waals surface area (Å²) in [6.07, 6.45) is -4.86. The Morgan fingerprint density at radius 2 is 1.77 bits per heavy atom. The van der Waals surface area contributed by atoms with E-state index in [-0.39, 0.29) is 30.1 Å². The van der Waals surface area contributed by atoms with Crippen LogP contribution in [0.5, 0.6) is 5.75 Å². The van der Waals surface area contributed by atoms with E-state index in [1.54, 1.807) is 24.3 Å². The lowest BCUT2D eigenvalue weighted by molar-refractivity contribution is -0.274. The quantitative estimate of drug-likeness (QED) is 0.657. The van der Waals surface area contributed by atoms with Crippen LogP contribution in [0.2, 0.25) is 5.02 Å². The second-order valence-corrected chi connectivity index (χ2v) is 6.65. The van der Waals surface area contributed by atoms with Crippen LogP contribution in [0.15, 0.2) is 54.2 Å². The molecule has 0 radical (unpaired) electrons. The summed E-state index contributed by atoms with van der Waals surface area (Å²) in [6, 6.07) is 11.3. The Balaban J connectivity index is 1.99. The van der Waals surface area contributed by atoms with Crippen LogP contribution in [0.4, 0.5) is 18.9 Å². The number of amides is 2. The molecular formula is C20H16ClF3N2O4. The summed E-state index contributed by atoms with van der Waals surface area (Å²) in [5.41, 5.74) is 0.591. The molecule has 2 aromatic carbocycles. The lowest BCUT2D eigenvalue weighted by Gasteiger charge is -2.15. The van der Waals surface area contributed by atoms with Crippen molar-refractivity contribution in [2.24, 2.45) is 0 Å². The maximum absolute atomic E-state index is 12.9. The average Bonchev–Trinajstić information content (AvgIpc) is 2.90. The van der Waals surface area contributed by atoms with Gasteiger partial charge in [-0.25, -0.2) is 0 Å². The summed E-state index contributed by atoms with van der Waals surface area (Å²) in [7, 11) is 1.43. The SMILES string of the molecule is COCCN1C(=O)C(Nc2cccc(OC(F)(F)F)c2)=C(c2ccc(Cl)cc2)C1=O. The normalized spacial score (nSPS) is 14.5. The zero-order chi connectivity index (χ0) is 21.9. The summed E-state index contributed by atoms with van der Waals surface area (Å²) in [4.78, 5) is 26.8. The van der Waals surface area contributed by atoms with Crippen molar-refractivity contribution in [1.29, 1.82) is 0 Å². The first kappa shape index (κ1) is 21.7. The largest absolute Gasteiger partial charge is 0.573 e. The highest BCUT2D eigenvalue weighted by molar-refractivity contribution is 6.36. The van der Waals surface area contributed by atoms with Crippen LogP contribution in [0.3, 0.4) is 0 Å². The predicted octanol–water partition coefficient (Wildman–Crippen LogP) is 4.08. The van der Waals surface area contributed by atoms with Crippen LogP contribution >= 0.6 is 11.6 Å². The number of hydrogen-bond donors (Lipinski definition) is 1. The molecule has 10 heteroatoms. The molecule has 1 N–H and O–H groups in total. The van der Waals surface area contributed by atoms with Crippen molar-refractivity contribution in [2.45, 2.75) is 6.36 Å². The molecule has 0 fully saturated rings. The second-order valence-electron chi connectivity index (χ2n) is 6.21. The molecule has 1 aliphatic rings. The molecule has 158 valence electrons. The van der Waals surface area contributed by atoms with Gasteiger partial charge in [0.25, 0.3) is 11.8 Å². The van der Waals surface area contributed by atoms with Gasteiger partial charge in [0.15, 0.2) is 0 Å². The van der Waals surface area contributed by atoms with Gasteiger partial charge >= 0.3 is 6.36 Å². The fraction of sp³-hybridized carbons (Fsp3) is 0.200. The third kappa shape index (κ3) is 4.92. The number of rotatable bonds is 7. The Bertz CT molecular complexity index is 990. The van der Waals surface area contributed by atoms with E-state index in [9.17, 15) is 22.8 Å². The molecule has 0 saturated heterocycles. The minimum absolute atomic E-state index is 0.0215. The average molecular weight is 441 g/mol. The molecule has 0 unspecified atom stereocenters. The van der Waals surface area contributed by atoms with Crippen molar-refractivity contribution in [3.63, 3.8) is 0 Å². The topological polar surface area (TPSA) is 67.9 Å². The van der Waals surface area contributed by atoms with Gasteiger partial charge in [0.1, 0.15) is 11.4 Å². The number of carbonyl (C=O) groups is 2. The van der Waals surface area contributed by atoms with Crippen LogP contribution in [-0.2, 0) is 14.3 Å². The van der Waals surface area contributed by atoms with Crippen LogP contribution in [0, 0.1) is 0 Å². The third-order valence-corrected chi connectivity index (χ3v) is 4.41. The zero-order valence-electron chi connectivity index (χ0n) is 15.6. The van der Waals surface area contributed by atoms with Crippen molar-refractivity contribution in [2.75, 3.05) is 25.6 Å². The van der Waals surface area contributed by atoms with Gasteiger partial charge in [-0.3, -0.25) is 14.5 Å².